The minimum atomic E-state index is -0.736. The fourth-order valence-electron chi connectivity index (χ4n) is 1.34. The van der Waals surface area contributed by atoms with Gasteiger partial charge in [-0.05, 0) is 30.3 Å². The van der Waals surface area contributed by atoms with Crippen molar-refractivity contribution in [2.75, 3.05) is 5.32 Å². The van der Waals surface area contributed by atoms with Crippen LogP contribution in [0.5, 0.6) is 0 Å². The zero-order valence-corrected chi connectivity index (χ0v) is 10.5. The smallest absolute Gasteiger partial charge is 0.167 e. The van der Waals surface area contributed by atoms with Gasteiger partial charge >= 0.3 is 0 Å². The first-order valence-electron chi connectivity index (χ1n) is 4.94. The molecule has 0 unspecified atom stereocenters. The fourth-order valence-corrected chi connectivity index (χ4v) is 1.61. The molecule has 0 saturated carbocycles. The van der Waals surface area contributed by atoms with Crippen molar-refractivity contribution < 1.29 is 9.18 Å². The first kappa shape index (κ1) is 12.8. The van der Waals surface area contributed by atoms with E-state index in [-0.39, 0.29) is 16.5 Å². The van der Waals surface area contributed by atoms with Gasteiger partial charge in [0.25, 0.3) is 0 Å². The van der Waals surface area contributed by atoms with Crippen molar-refractivity contribution in [1.29, 1.82) is 0 Å². The summed E-state index contributed by atoms with van der Waals surface area (Å²) in [4.78, 5) is 14.6. The van der Waals surface area contributed by atoms with E-state index in [1.807, 2.05) is 0 Å². The van der Waals surface area contributed by atoms with Gasteiger partial charge in [0.2, 0.25) is 0 Å². The molecule has 1 aromatic heterocycles. The van der Waals surface area contributed by atoms with Gasteiger partial charge in [0.05, 0.1) is 5.56 Å². The molecule has 0 aliphatic carbocycles. The second kappa shape index (κ2) is 5.33. The summed E-state index contributed by atoms with van der Waals surface area (Å²) in [5.41, 5.74) is 0.754. The van der Waals surface area contributed by atoms with E-state index in [1.165, 1.54) is 0 Å². The Morgan fingerprint density at radius 1 is 1.22 bits per heavy atom. The van der Waals surface area contributed by atoms with Crippen molar-refractivity contribution in [2.45, 2.75) is 0 Å². The molecule has 0 aliphatic heterocycles. The topological polar surface area (TPSA) is 42.0 Å². The van der Waals surface area contributed by atoms with Crippen LogP contribution in [0.4, 0.5) is 15.9 Å². The predicted molar refractivity (Wildman–Crippen MR) is 69.3 cm³/mol. The van der Waals surface area contributed by atoms with Gasteiger partial charge in [-0.15, -0.1) is 0 Å². The van der Waals surface area contributed by atoms with Gasteiger partial charge in [0.15, 0.2) is 17.3 Å². The second-order valence-corrected chi connectivity index (χ2v) is 4.24. The first-order chi connectivity index (χ1) is 8.60. The van der Waals surface area contributed by atoms with Crippen LogP contribution in [0.1, 0.15) is 10.4 Å². The summed E-state index contributed by atoms with van der Waals surface area (Å²) >= 11 is 11.3. The molecule has 1 aromatic carbocycles. The molecule has 18 heavy (non-hydrogen) atoms. The Morgan fingerprint density at radius 2 is 1.89 bits per heavy atom. The summed E-state index contributed by atoms with van der Waals surface area (Å²) in [5, 5.41) is 3.16. The highest BCUT2D eigenvalue weighted by molar-refractivity contribution is 6.30. The number of anilines is 2. The summed E-state index contributed by atoms with van der Waals surface area (Å²) in [6.45, 7) is 0. The van der Waals surface area contributed by atoms with Crippen LogP contribution in [0.25, 0.3) is 0 Å². The maximum absolute atomic E-state index is 13.1. The minimum Gasteiger partial charge on any atom is -0.340 e. The molecule has 2 rings (SSSR count). The van der Waals surface area contributed by atoms with Gasteiger partial charge in [-0.25, -0.2) is 9.37 Å². The molecule has 0 aliphatic rings. The first-order valence-corrected chi connectivity index (χ1v) is 5.69. The molecule has 2 aromatic rings. The van der Waals surface area contributed by atoms with E-state index in [0.717, 1.165) is 6.07 Å². The Kier molecular flexibility index (Phi) is 3.79. The average molecular weight is 285 g/mol. The van der Waals surface area contributed by atoms with Crippen molar-refractivity contribution >= 4 is 41.0 Å². The van der Waals surface area contributed by atoms with E-state index in [9.17, 15) is 9.18 Å². The highest BCUT2D eigenvalue weighted by Gasteiger charge is 2.10. The second-order valence-electron chi connectivity index (χ2n) is 3.45. The van der Waals surface area contributed by atoms with Crippen molar-refractivity contribution in [1.82, 2.24) is 4.98 Å². The van der Waals surface area contributed by atoms with Gasteiger partial charge in [0, 0.05) is 10.7 Å². The number of aldehydes is 1. The monoisotopic (exact) mass is 284 g/mol. The average Bonchev–Trinajstić information content (AvgIpc) is 2.36. The third kappa shape index (κ3) is 2.78. The third-order valence-electron chi connectivity index (χ3n) is 2.20. The Labute approximate surface area is 113 Å². The van der Waals surface area contributed by atoms with Crippen LogP contribution < -0.4 is 5.32 Å². The van der Waals surface area contributed by atoms with Crippen LogP contribution in [0.2, 0.25) is 10.2 Å². The number of nitrogens with one attached hydrogen (secondary N) is 1. The molecular formula is C12H7Cl2FN2O. The number of nitrogens with zero attached hydrogens (tertiary/aromatic N) is 1. The van der Waals surface area contributed by atoms with E-state index < -0.39 is 5.82 Å². The van der Waals surface area contributed by atoms with Gasteiger partial charge in [-0.1, -0.05) is 23.2 Å². The number of carbonyl (C=O) groups is 1. The lowest BCUT2D eigenvalue weighted by atomic mass is 10.2. The highest BCUT2D eigenvalue weighted by atomic mass is 35.5. The number of hydrogen-bond acceptors (Lipinski definition) is 3. The Bertz CT molecular complexity index is 587. The van der Waals surface area contributed by atoms with Crippen molar-refractivity contribution in [3.8, 4) is 0 Å². The normalized spacial score (nSPS) is 10.2. The van der Waals surface area contributed by atoms with Gasteiger partial charge in [0.1, 0.15) is 5.82 Å². The molecule has 6 heteroatoms. The molecule has 1 N–H and O–H groups in total. The number of pyridine rings is 1. The summed E-state index contributed by atoms with van der Waals surface area (Å²) < 4.78 is 13.1. The summed E-state index contributed by atoms with van der Waals surface area (Å²) in [5.74, 6) is -0.542. The SMILES string of the molecule is O=Cc1cc(F)c(Cl)nc1Nc1ccc(Cl)cc1. The molecule has 0 fully saturated rings. The zero-order valence-electron chi connectivity index (χ0n) is 8.95. The minimum absolute atomic E-state index is 0.0897. The van der Waals surface area contributed by atoms with Crippen molar-refractivity contribution in [3.63, 3.8) is 0 Å². The summed E-state index contributed by atoms with van der Waals surface area (Å²) in [7, 11) is 0. The van der Waals surface area contributed by atoms with Crippen LogP contribution in [0.3, 0.4) is 0 Å². The summed E-state index contributed by atoms with van der Waals surface area (Å²) in [6.07, 6.45) is 0.505. The van der Waals surface area contributed by atoms with E-state index in [0.29, 0.717) is 17.0 Å². The molecule has 0 bridgehead atoms. The lowest BCUT2D eigenvalue weighted by Crippen LogP contribution is -2.00. The largest absolute Gasteiger partial charge is 0.340 e. The van der Waals surface area contributed by atoms with E-state index in [1.54, 1.807) is 24.3 Å². The Balaban J connectivity index is 2.36. The number of aromatic nitrogens is 1. The van der Waals surface area contributed by atoms with Crippen LogP contribution >= 0.6 is 23.2 Å². The molecule has 0 radical (unpaired) electrons. The van der Waals surface area contributed by atoms with Crippen LogP contribution in [-0.4, -0.2) is 11.3 Å². The zero-order chi connectivity index (χ0) is 13.1. The Hall–Kier alpha value is -1.65. The molecular weight excluding hydrogens is 278 g/mol. The van der Waals surface area contributed by atoms with Crippen LogP contribution in [-0.2, 0) is 0 Å². The Morgan fingerprint density at radius 3 is 2.50 bits per heavy atom. The molecule has 3 nitrogen and oxygen atoms in total. The van der Waals surface area contributed by atoms with Gasteiger partial charge in [-0.3, -0.25) is 4.79 Å². The number of benzene rings is 1. The quantitative estimate of drug-likeness (QED) is 0.682. The standard InChI is InChI=1S/C12H7Cl2FN2O/c13-8-1-3-9(4-2-8)16-12-7(6-18)5-10(15)11(14)17-12/h1-6H,(H,16,17). The van der Waals surface area contributed by atoms with Crippen LogP contribution in [0.15, 0.2) is 30.3 Å². The van der Waals surface area contributed by atoms with Gasteiger partial charge in [-0.2, -0.15) is 0 Å². The molecule has 0 saturated heterocycles. The number of rotatable bonds is 3. The third-order valence-corrected chi connectivity index (χ3v) is 2.71. The number of halogens is 3. The molecule has 0 atom stereocenters. The maximum atomic E-state index is 13.1. The molecule has 1 heterocycles. The highest BCUT2D eigenvalue weighted by Crippen LogP contribution is 2.23. The maximum Gasteiger partial charge on any atom is 0.167 e. The summed E-state index contributed by atoms with van der Waals surface area (Å²) in [6, 6.07) is 7.79. The lowest BCUT2D eigenvalue weighted by Gasteiger charge is -2.08. The molecule has 92 valence electrons. The molecule has 0 amide bonds. The van der Waals surface area contributed by atoms with E-state index in [2.05, 4.69) is 10.3 Å². The van der Waals surface area contributed by atoms with Crippen molar-refractivity contribution in [3.05, 3.63) is 51.9 Å². The fraction of sp³-hybridized carbons (Fsp3) is 0. The van der Waals surface area contributed by atoms with Gasteiger partial charge < -0.3 is 5.32 Å². The lowest BCUT2D eigenvalue weighted by molar-refractivity contribution is 0.112. The van der Waals surface area contributed by atoms with E-state index in [4.69, 9.17) is 23.2 Å². The number of hydrogen-bond donors (Lipinski definition) is 1. The predicted octanol–water partition coefficient (Wildman–Crippen LogP) is 4.08. The number of carbonyl (C=O) groups excluding carboxylic acids is 1. The van der Waals surface area contributed by atoms with E-state index >= 15 is 0 Å². The molecule has 0 spiro atoms. The van der Waals surface area contributed by atoms with Crippen LogP contribution in [0, 0.1) is 5.82 Å². The van der Waals surface area contributed by atoms with Crippen molar-refractivity contribution in [2.24, 2.45) is 0 Å².